The van der Waals surface area contributed by atoms with Gasteiger partial charge in [-0.3, -0.25) is 4.90 Å². The van der Waals surface area contributed by atoms with Crippen molar-refractivity contribution in [2.75, 3.05) is 34.3 Å². The predicted octanol–water partition coefficient (Wildman–Crippen LogP) is 3.26. The van der Waals surface area contributed by atoms with Gasteiger partial charge in [0.05, 0.1) is 26.0 Å². The molecule has 0 fully saturated rings. The highest BCUT2D eigenvalue weighted by atomic mass is 127. The third kappa shape index (κ3) is 6.87. The Kier molecular flexibility index (Phi) is 10.1. The van der Waals surface area contributed by atoms with Crippen LogP contribution in [0.5, 0.6) is 5.75 Å². The van der Waals surface area contributed by atoms with E-state index in [1.807, 2.05) is 50.5 Å². The second-order valence-electron chi connectivity index (χ2n) is 5.92. The van der Waals surface area contributed by atoms with Crippen LogP contribution in [0.4, 0.5) is 0 Å². The monoisotopic (exact) mass is 472 g/mol. The summed E-state index contributed by atoms with van der Waals surface area (Å²) < 4.78 is 10.7. The van der Waals surface area contributed by atoms with Crippen molar-refractivity contribution in [2.45, 2.75) is 19.5 Å². The number of ether oxygens (including phenoxy) is 1. The molecule has 0 aliphatic heterocycles. The Hall–Kier alpha value is -1.74. The summed E-state index contributed by atoms with van der Waals surface area (Å²) in [5.74, 6) is 2.57. The molecule has 0 saturated heterocycles. The zero-order chi connectivity index (χ0) is 18.1. The van der Waals surface area contributed by atoms with Crippen molar-refractivity contribution in [1.82, 2.24) is 15.5 Å². The number of benzene rings is 1. The van der Waals surface area contributed by atoms with E-state index in [-0.39, 0.29) is 30.0 Å². The molecule has 1 aromatic carbocycles. The maximum absolute atomic E-state index is 5.55. The van der Waals surface area contributed by atoms with Crippen molar-refractivity contribution in [3.63, 3.8) is 0 Å². The zero-order valence-corrected chi connectivity index (χ0v) is 18.2. The molecule has 0 saturated carbocycles. The quantitative estimate of drug-likeness (QED) is 0.351. The summed E-state index contributed by atoms with van der Waals surface area (Å²) in [7, 11) is 5.74. The molecule has 0 radical (unpaired) electrons. The van der Waals surface area contributed by atoms with Crippen LogP contribution in [0.2, 0.25) is 0 Å². The number of hydrogen-bond acceptors (Lipinski definition) is 4. The first-order valence-corrected chi connectivity index (χ1v) is 8.49. The topological polar surface area (TPSA) is 62.0 Å². The van der Waals surface area contributed by atoms with E-state index >= 15 is 0 Å². The summed E-state index contributed by atoms with van der Waals surface area (Å²) in [6.07, 6.45) is 1.70. The summed E-state index contributed by atoms with van der Waals surface area (Å²) >= 11 is 0. The van der Waals surface area contributed by atoms with E-state index in [0.29, 0.717) is 13.1 Å². The van der Waals surface area contributed by atoms with Gasteiger partial charge in [0.15, 0.2) is 5.96 Å². The molecule has 7 heteroatoms. The van der Waals surface area contributed by atoms with Crippen LogP contribution >= 0.6 is 24.0 Å². The lowest BCUT2D eigenvalue weighted by Gasteiger charge is -2.23. The third-order valence-corrected chi connectivity index (χ3v) is 3.88. The van der Waals surface area contributed by atoms with Gasteiger partial charge in [-0.25, -0.2) is 4.99 Å². The molecule has 2 N–H and O–H groups in total. The van der Waals surface area contributed by atoms with Crippen molar-refractivity contribution in [2.24, 2.45) is 4.99 Å². The molecule has 144 valence electrons. The lowest BCUT2D eigenvalue weighted by atomic mass is 10.2. The molecule has 26 heavy (non-hydrogen) atoms. The highest BCUT2D eigenvalue weighted by Gasteiger charge is 2.17. The minimum atomic E-state index is 0. The number of likely N-dealkylation sites (N-methyl/N-ethyl adjacent to an activating group) is 1. The molecular formula is C19H29IN4O2. The van der Waals surface area contributed by atoms with Crippen LogP contribution in [0.25, 0.3) is 0 Å². The molecule has 6 nitrogen and oxygen atoms in total. The van der Waals surface area contributed by atoms with Gasteiger partial charge in [-0.05, 0) is 50.8 Å². The Balaban J connectivity index is 0.00000338. The molecule has 0 bridgehead atoms. The number of hydrogen-bond donors (Lipinski definition) is 2. The highest BCUT2D eigenvalue weighted by molar-refractivity contribution is 14.0. The van der Waals surface area contributed by atoms with Gasteiger partial charge in [-0.15, -0.1) is 24.0 Å². The van der Waals surface area contributed by atoms with Gasteiger partial charge in [-0.2, -0.15) is 0 Å². The molecule has 1 atom stereocenters. The number of guanidine groups is 1. The van der Waals surface area contributed by atoms with Gasteiger partial charge in [0.1, 0.15) is 11.5 Å². The molecule has 1 unspecified atom stereocenters. The minimum Gasteiger partial charge on any atom is -0.497 e. The highest BCUT2D eigenvalue weighted by Crippen LogP contribution is 2.17. The van der Waals surface area contributed by atoms with Crippen LogP contribution in [0.3, 0.4) is 0 Å². The van der Waals surface area contributed by atoms with Crippen molar-refractivity contribution in [1.29, 1.82) is 0 Å². The second kappa shape index (κ2) is 11.8. The van der Waals surface area contributed by atoms with E-state index in [9.17, 15) is 0 Å². The number of furan rings is 1. The third-order valence-electron chi connectivity index (χ3n) is 3.88. The number of nitrogens with one attached hydrogen (secondary N) is 2. The lowest BCUT2D eigenvalue weighted by Crippen LogP contribution is -2.41. The molecular weight excluding hydrogens is 443 g/mol. The van der Waals surface area contributed by atoms with Crippen LogP contribution in [0.1, 0.15) is 24.3 Å². The standard InChI is InChI=1S/C19H28N4O2.HI/c1-5-20-19(21-13-15-8-10-16(24-4)11-9-15)22-14-17(23(2)3)18-7-6-12-25-18;/h6-12,17H,5,13-14H2,1-4H3,(H2,20,21,22);1H. The minimum absolute atomic E-state index is 0. The first-order chi connectivity index (χ1) is 12.1. The van der Waals surface area contributed by atoms with E-state index in [1.165, 1.54) is 0 Å². The molecule has 1 aromatic heterocycles. The van der Waals surface area contributed by atoms with Gasteiger partial charge in [0.2, 0.25) is 0 Å². The average Bonchev–Trinajstić information content (AvgIpc) is 3.14. The van der Waals surface area contributed by atoms with Crippen molar-refractivity contribution in [3.05, 3.63) is 54.0 Å². The fourth-order valence-corrected chi connectivity index (χ4v) is 2.45. The number of rotatable bonds is 8. The molecule has 0 aliphatic rings. The Morgan fingerprint density at radius 3 is 2.46 bits per heavy atom. The van der Waals surface area contributed by atoms with E-state index in [2.05, 4.69) is 27.4 Å². The molecule has 1 heterocycles. The van der Waals surface area contributed by atoms with Crippen LogP contribution in [0.15, 0.2) is 52.1 Å². The maximum atomic E-state index is 5.55. The number of halogens is 1. The predicted molar refractivity (Wildman–Crippen MR) is 116 cm³/mol. The molecule has 0 amide bonds. The van der Waals surface area contributed by atoms with Crippen molar-refractivity contribution in [3.8, 4) is 5.75 Å². The van der Waals surface area contributed by atoms with Crippen LogP contribution in [0, 0.1) is 0 Å². The van der Waals surface area contributed by atoms with Gasteiger partial charge in [-0.1, -0.05) is 12.1 Å². The fourth-order valence-electron chi connectivity index (χ4n) is 2.45. The largest absolute Gasteiger partial charge is 0.497 e. The summed E-state index contributed by atoms with van der Waals surface area (Å²) in [5.41, 5.74) is 1.13. The number of aliphatic imine (C=N–C) groups is 1. The normalized spacial score (nSPS) is 12.4. The molecule has 2 rings (SSSR count). The van der Waals surface area contributed by atoms with Crippen LogP contribution in [-0.2, 0) is 6.54 Å². The van der Waals surface area contributed by atoms with Crippen molar-refractivity contribution >= 4 is 29.9 Å². The van der Waals surface area contributed by atoms with Crippen molar-refractivity contribution < 1.29 is 9.15 Å². The Labute approximate surface area is 173 Å². The summed E-state index contributed by atoms with van der Waals surface area (Å²) in [6, 6.07) is 12.0. The van der Waals surface area contributed by atoms with Gasteiger partial charge in [0, 0.05) is 13.1 Å². The molecule has 0 spiro atoms. The van der Waals surface area contributed by atoms with Crippen LogP contribution in [-0.4, -0.2) is 45.2 Å². The van der Waals surface area contributed by atoms with Gasteiger partial charge >= 0.3 is 0 Å². The Morgan fingerprint density at radius 1 is 1.19 bits per heavy atom. The maximum Gasteiger partial charge on any atom is 0.191 e. The fraction of sp³-hybridized carbons (Fsp3) is 0.421. The summed E-state index contributed by atoms with van der Waals surface area (Å²) in [5, 5.41) is 6.68. The second-order valence-corrected chi connectivity index (χ2v) is 5.92. The first kappa shape index (κ1) is 22.3. The van der Waals surface area contributed by atoms with Crippen LogP contribution < -0.4 is 15.4 Å². The number of nitrogens with zero attached hydrogens (tertiary/aromatic N) is 2. The summed E-state index contributed by atoms with van der Waals surface area (Å²) in [6.45, 7) is 4.17. The summed E-state index contributed by atoms with van der Waals surface area (Å²) in [4.78, 5) is 6.78. The van der Waals surface area contributed by atoms with E-state index < -0.39 is 0 Å². The zero-order valence-electron chi connectivity index (χ0n) is 15.9. The molecule has 0 aliphatic carbocycles. The Bertz CT molecular complexity index is 642. The lowest BCUT2D eigenvalue weighted by molar-refractivity contribution is 0.258. The van der Waals surface area contributed by atoms with E-state index in [0.717, 1.165) is 29.6 Å². The first-order valence-electron chi connectivity index (χ1n) is 8.49. The Morgan fingerprint density at radius 2 is 1.92 bits per heavy atom. The van der Waals surface area contributed by atoms with E-state index in [4.69, 9.17) is 9.15 Å². The molecule has 2 aromatic rings. The van der Waals surface area contributed by atoms with E-state index in [1.54, 1.807) is 13.4 Å². The number of methoxy groups -OCH3 is 1. The van der Waals surface area contributed by atoms with Gasteiger partial charge < -0.3 is 19.8 Å². The SMILES string of the molecule is CCNC(=NCc1ccc(OC)cc1)NCC(c1ccco1)N(C)C.I. The average molecular weight is 472 g/mol. The van der Waals surface area contributed by atoms with Gasteiger partial charge in [0.25, 0.3) is 0 Å². The smallest absolute Gasteiger partial charge is 0.191 e.